The predicted octanol–water partition coefficient (Wildman–Crippen LogP) is 3.82. The number of carbonyl (C=O) groups excluding carboxylic acids is 1. The zero-order valence-corrected chi connectivity index (χ0v) is 16.7. The van der Waals surface area contributed by atoms with Gasteiger partial charge in [-0.25, -0.2) is 0 Å². The average Bonchev–Trinajstić information content (AvgIpc) is 3.23. The Labute approximate surface area is 166 Å². The van der Waals surface area contributed by atoms with Crippen LogP contribution in [-0.2, 0) is 11.2 Å². The second kappa shape index (κ2) is 8.13. The van der Waals surface area contributed by atoms with Gasteiger partial charge in [0.15, 0.2) is 0 Å². The number of amides is 1. The second-order valence-corrected chi connectivity index (χ2v) is 7.51. The Morgan fingerprint density at radius 2 is 1.93 bits per heavy atom. The summed E-state index contributed by atoms with van der Waals surface area (Å²) in [5.41, 5.74) is 3.58. The van der Waals surface area contributed by atoms with Crippen molar-refractivity contribution in [1.82, 2.24) is 4.90 Å². The summed E-state index contributed by atoms with van der Waals surface area (Å²) in [7, 11) is 3.34. The van der Waals surface area contributed by atoms with Gasteiger partial charge in [0.05, 0.1) is 26.8 Å². The van der Waals surface area contributed by atoms with Crippen LogP contribution in [0.25, 0.3) is 0 Å². The minimum absolute atomic E-state index is 0.0394. The first-order chi connectivity index (χ1) is 13.7. The topological polar surface area (TPSA) is 42.0 Å². The predicted molar refractivity (Wildman–Crippen MR) is 110 cm³/mol. The van der Waals surface area contributed by atoms with E-state index in [0.29, 0.717) is 6.54 Å². The summed E-state index contributed by atoms with van der Waals surface area (Å²) in [5, 5.41) is 0. The fourth-order valence-corrected chi connectivity index (χ4v) is 4.52. The molecule has 0 bridgehead atoms. The average molecular weight is 380 g/mol. The van der Waals surface area contributed by atoms with Crippen molar-refractivity contribution in [3.8, 4) is 11.5 Å². The number of rotatable bonds is 5. The minimum atomic E-state index is 0.0394. The number of aryl methyl sites for hydroxylation is 1. The van der Waals surface area contributed by atoms with Crippen LogP contribution >= 0.6 is 0 Å². The number of methoxy groups -OCH3 is 2. The highest BCUT2D eigenvalue weighted by molar-refractivity contribution is 5.83. The number of anilines is 1. The van der Waals surface area contributed by atoms with E-state index in [1.165, 1.54) is 11.3 Å². The third-order valence-electron chi connectivity index (χ3n) is 5.90. The van der Waals surface area contributed by atoms with Gasteiger partial charge in [0.1, 0.15) is 11.5 Å². The lowest BCUT2D eigenvalue weighted by Gasteiger charge is -2.34. The van der Waals surface area contributed by atoms with Crippen LogP contribution < -0.4 is 14.4 Å². The maximum absolute atomic E-state index is 13.3. The van der Waals surface area contributed by atoms with Gasteiger partial charge in [0, 0.05) is 24.3 Å². The number of fused-ring (bicyclic) bond motifs is 1. The molecule has 4 rings (SSSR count). The molecule has 28 heavy (non-hydrogen) atoms. The van der Waals surface area contributed by atoms with Crippen molar-refractivity contribution in [2.75, 3.05) is 38.8 Å². The maximum Gasteiger partial charge on any atom is 0.242 e. The number of para-hydroxylation sites is 1. The van der Waals surface area contributed by atoms with E-state index in [1.54, 1.807) is 14.2 Å². The van der Waals surface area contributed by atoms with E-state index in [4.69, 9.17) is 9.47 Å². The molecule has 5 nitrogen and oxygen atoms in total. The van der Waals surface area contributed by atoms with Crippen LogP contribution in [0.15, 0.2) is 42.5 Å². The number of hydrogen-bond donors (Lipinski definition) is 0. The lowest BCUT2D eigenvalue weighted by molar-refractivity contribution is -0.130. The minimum Gasteiger partial charge on any atom is -0.497 e. The Bertz CT molecular complexity index is 851. The van der Waals surface area contributed by atoms with Crippen molar-refractivity contribution in [2.24, 2.45) is 0 Å². The molecular weight excluding hydrogens is 352 g/mol. The molecule has 2 aliphatic heterocycles. The molecule has 0 N–H and O–H groups in total. The highest BCUT2D eigenvalue weighted by Gasteiger charge is 2.33. The molecule has 1 fully saturated rings. The fraction of sp³-hybridized carbons (Fsp3) is 0.435. The molecule has 1 amide bonds. The van der Waals surface area contributed by atoms with E-state index in [0.717, 1.165) is 55.8 Å². The SMILES string of the molecule is COc1ccc(OC)c(C2CCCN2C(=O)CN2CCCc3ccccc32)c1. The molecule has 2 aliphatic rings. The molecule has 1 atom stereocenters. The molecule has 2 aromatic rings. The lowest BCUT2D eigenvalue weighted by Crippen LogP contribution is -2.42. The zero-order chi connectivity index (χ0) is 19.5. The third kappa shape index (κ3) is 3.53. The maximum atomic E-state index is 13.3. The van der Waals surface area contributed by atoms with E-state index in [1.807, 2.05) is 23.1 Å². The van der Waals surface area contributed by atoms with Gasteiger partial charge < -0.3 is 19.3 Å². The van der Waals surface area contributed by atoms with Crippen molar-refractivity contribution < 1.29 is 14.3 Å². The summed E-state index contributed by atoms with van der Waals surface area (Å²) in [6.45, 7) is 2.16. The largest absolute Gasteiger partial charge is 0.497 e. The molecule has 0 spiro atoms. The van der Waals surface area contributed by atoms with Crippen molar-refractivity contribution in [2.45, 2.75) is 31.7 Å². The van der Waals surface area contributed by atoms with Crippen molar-refractivity contribution in [1.29, 1.82) is 0 Å². The summed E-state index contributed by atoms with van der Waals surface area (Å²) in [5.74, 6) is 1.79. The van der Waals surface area contributed by atoms with E-state index in [9.17, 15) is 4.79 Å². The highest BCUT2D eigenvalue weighted by atomic mass is 16.5. The monoisotopic (exact) mass is 380 g/mol. The van der Waals surface area contributed by atoms with Gasteiger partial charge in [-0.2, -0.15) is 0 Å². The highest BCUT2D eigenvalue weighted by Crippen LogP contribution is 2.39. The third-order valence-corrected chi connectivity index (χ3v) is 5.90. The normalized spacial score (nSPS) is 18.7. The second-order valence-electron chi connectivity index (χ2n) is 7.51. The summed E-state index contributed by atoms with van der Waals surface area (Å²) in [6, 6.07) is 14.3. The van der Waals surface area contributed by atoms with Gasteiger partial charge in [-0.1, -0.05) is 18.2 Å². The Morgan fingerprint density at radius 1 is 1.07 bits per heavy atom. The summed E-state index contributed by atoms with van der Waals surface area (Å²) in [4.78, 5) is 17.5. The Hall–Kier alpha value is -2.69. The molecule has 0 saturated carbocycles. The van der Waals surface area contributed by atoms with Crippen molar-refractivity contribution >= 4 is 11.6 Å². The Morgan fingerprint density at radius 3 is 2.75 bits per heavy atom. The smallest absolute Gasteiger partial charge is 0.242 e. The van der Waals surface area contributed by atoms with Crippen molar-refractivity contribution in [3.05, 3.63) is 53.6 Å². The van der Waals surface area contributed by atoms with Crippen LogP contribution in [0.5, 0.6) is 11.5 Å². The molecule has 2 aromatic carbocycles. The Balaban J connectivity index is 1.55. The van der Waals surface area contributed by atoms with Crippen LogP contribution in [-0.4, -0.2) is 44.7 Å². The first-order valence-corrected chi connectivity index (χ1v) is 10.1. The van der Waals surface area contributed by atoms with Gasteiger partial charge in [-0.3, -0.25) is 4.79 Å². The molecule has 1 unspecified atom stereocenters. The number of benzene rings is 2. The molecule has 2 heterocycles. The molecular formula is C23H28N2O3. The standard InChI is InChI=1S/C23H28N2O3/c1-27-18-11-12-22(28-2)19(15-18)21-10-6-14-25(21)23(26)16-24-13-5-8-17-7-3-4-9-20(17)24/h3-4,7,9,11-12,15,21H,5-6,8,10,13-14,16H2,1-2H3. The van der Waals surface area contributed by atoms with Gasteiger partial charge >= 0.3 is 0 Å². The van der Waals surface area contributed by atoms with Gasteiger partial charge in [-0.05, 0) is 55.5 Å². The number of hydrogen-bond acceptors (Lipinski definition) is 4. The number of ether oxygens (including phenoxy) is 2. The molecule has 148 valence electrons. The molecule has 1 saturated heterocycles. The number of likely N-dealkylation sites (tertiary alicyclic amines) is 1. The van der Waals surface area contributed by atoms with Crippen molar-refractivity contribution in [3.63, 3.8) is 0 Å². The van der Waals surface area contributed by atoms with Gasteiger partial charge in [-0.15, -0.1) is 0 Å². The fourth-order valence-electron chi connectivity index (χ4n) is 4.52. The van der Waals surface area contributed by atoms with Crippen LogP contribution in [0.3, 0.4) is 0 Å². The summed E-state index contributed by atoms with van der Waals surface area (Å²) in [6.07, 6.45) is 4.14. The lowest BCUT2D eigenvalue weighted by atomic mass is 10.0. The molecule has 0 radical (unpaired) electrons. The van der Waals surface area contributed by atoms with E-state index < -0.39 is 0 Å². The first-order valence-electron chi connectivity index (χ1n) is 10.1. The van der Waals surface area contributed by atoms with Crippen LogP contribution in [0.1, 0.15) is 36.4 Å². The molecule has 5 heteroatoms. The molecule has 0 aliphatic carbocycles. The van der Waals surface area contributed by atoms with Gasteiger partial charge in [0.2, 0.25) is 5.91 Å². The number of nitrogens with zero attached hydrogens (tertiary/aromatic N) is 2. The van der Waals surface area contributed by atoms with Crippen LogP contribution in [0, 0.1) is 0 Å². The van der Waals surface area contributed by atoms with E-state index in [-0.39, 0.29) is 11.9 Å². The molecule has 0 aromatic heterocycles. The van der Waals surface area contributed by atoms with Gasteiger partial charge in [0.25, 0.3) is 0 Å². The van der Waals surface area contributed by atoms with Crippen LogP contribution in [0.2, 0.25) is 0 Å². The first kappa shape index (κ1) is 18.7. The zero-order valence-electron chi connectivity index (χ0n) is 16.7. The van der Waals surface area contributed by atoms with E-state index >= 15 is 0 Å². The number of carbonyl (C=O) groups is 1. The summed E-state index contributed by atoms with van der Waals surface area (Å²) >= 11 is 0. The van der Waals surface area contributed by atoms with Crippen LogP contribution in [0.4, 0.5) is 5.69 Å². The quantitative estimate of drug-likeness (QED) is 0.791. The Kier molecular flexibility index (Phi) is 5.42. The summed E-state index contributed by atoms with van der Waals surface area (Å²) < 4.78 is 11.0. The van der Waals surface area contributed by atoms with E-state index in [2.05, 4.69) is 29.2 Å².